The second-order valence-electron chi connectivity index (χ2n) is 5.38. The fourth-order valence-corrected chi connectivity index (χ4v) is 2.85. The van der Waals surface area contributed by atoms with E-state index in [4.69, 9.17) is 5.11 Å². The van der Waals surface area contributed by atoms with Crippen LogP contribution in [0.15, 0.2) is 0 Å². The Balaban J connectivity index is 1.80. The van der Waals surface area contributed by atoms with Crippen molar-refractivity contribution in [1.82, 2.24) is 10.6 Å². The smallest absolute Gasteiger partial charge is 0.305 e. The zero-order valence-corrected chi connectivity index (χ0v) is 10.2. The molecule has 1 aliphatic carbocycles. The zero-order valence-electron chi connectivity index (χ0n) is 10.2. The van der Waals surface area contributed by atoms with Crippen LogP contribution in [0.25, 0.3) is 0 Å². The Labute approximate surface area is 101 Å². The minimum absolute atomic E-state index is 0.00693. The van der Waals surface area contributed by atoms with Crippen molar-refractivity contribution in [3.8, 4) is 0 Å². The topological polar surface area (TPSA) is 78.4 Å². The number of carboxylic acid groups (broad SMARTS) is 1. The molecule has 1 saturated carbocycles. The third-order valence-corrected chi connectivity index (χ3v) is 3.98. The lowest BCUT2D eigenvalue weighted by atomic mass is 9.91. The van der Waals surface area contributed by atoms with Crippen LogP contribution in [-0.2, 0) is 9.59 Å². The van der Waals surface area contributed by atoms with Crippen LogP contribution in [0.5, 0.6) is 0 Å². The largest absolute Gasteiger partial charge is 0.481 e. The van der Waals surface area contributed by atoms with Crippen LogP contribution in [-0.4, -0.2) is 36.1 Å². The van der Waals surface area contributed by atoms with Gasteiger partial charge in [-0.25, -0.2) is 0 Å². The van der Waals surface area contributed by atoms with Gasteiger partial charge in [-0.1, -0.05) is 0 Å². The molecule has 1 heterocycles. The Hall–Kier alpha value is -1.10. The van der Waals surface area contributed by atoms with E-state index in [1.54, 1.807) is 6.92 Å². The molecule has 2 unspecified atom stereocenters. The summed E-state index contributed by atoms with van der Waals surface area (Å²) in [7, 11) is 0. The van der Waals surface area contributed by atoms with E-state index in [2.05, 4.69) is 10.6 Å². The third kappa shape index (κ3) is 2.77. The maximum atomic E-state index is 11.9. The Morgan fingerprint density at radius 2 is 2.12 bits per heavy atom. The van der Waals surface area contributed by atoms with Gasteiger partial charge < -0.3 is 15.7 Å². The van der Waals surface area contributed by atoms with Crippen molar-refractivity contribution in [1.29, 1.82) is 0 Å². The van der Waals surface area contributed by atoms with Gasteiger partial charge in [0.25, 0.3) is 0 Å². The summed E-state index contributed by atoms with van der Waals surface area (Å²) >= 11 is 0. The number of hydrogen-bond acceptors (Lipinski definition) is 3. The maximum absolute atomic E-state index is 11.9. The molecule has 2 fully saturated rings. The molecular formula is C12H20N2O3. The summed E-state index contributed by atoms with van der Waals surface area (Å²) in [5.41, 5.74) is 0.221. The van der Waals surface area contributed by atoms with Crippen LogP contribution in [0.3, 0.4) is 0 Å². The highest BCUT2D eigenvalue weighted by Crippen LogP contribution is 2.58. The van der Waals surface area contributed by atoms with Crippen LogP contribution in [0.2, 0.25) is 0 Å². The van der Waals surface area contributed by atoms with Gasteiger partial charge in [0.1, 0.15) is 0 Å². The fraction of sp³-hybridized carbons (Fsp3) is 0.833. The van der Waals surface area contributed by atoms with Crippen molar-refractivity contribution in [3.05, 3.63) is 0 Å². The molecule has 17 heavy (non-hydrogen) atoms. The molecule has 96 valence electrons. The number of rotatable bonds is 4. The average Bonchev–Trinajstić information content (AvgIpc) is 2.92. The molecule has 5 nitrogen and oxygen atoms in total. The van der Waals surface area contributed by atoms with Crippen LogP contribution in [0, 0.1) is 11.3 Å². The second-order valence-corrected chi connectivity index (χ2v) is 5.38. The lowest BCUT2D eigenvalue weighted by Crippen LogP contribution is -2.38. The molecular weight excluding hydrogens is 220 g/mol. The van der Waals surface area contributed by atoms with Gasteiger partial charge in [-0.05, 0) is 44.7 Å². The number of amides is 1. The predicted octanol–water partition coefficient (Wildman–Crippen LogP) is 0.355. The minimum Gasteiger partial charge on any atom is -0.481 e. The highest BCUT2D eigenvalue weighted by Gasteiger charge is 2.57. The molecule has 2 rings (SSSR count). The summed E-state index contributed by atoms with van der Waals surface area (Å²) < 4.78 is 0. The molecule has 0 aromatic heterocycles. The van der Waals surface area contributed by atoms with E-state index >= 15 is 0 Å². The minimum atomic E-state index is -0.870. The van der Waals surface area contributed by atoms with Gasteiger partial charge in [0.05, 0.1) is 6.42 Å². The number of carbonyl (C=O) groups excluding carboxylic acids is 1. The number of aliphatic carboxylic acids is 1. The second kappa shape index (κ2) is 4.64. The van der Waals surface area contributed by atoms with Crippen LogP contribution in [0.4, 0.5) is 0 Å². The molecule has 2 aliphatic rings. The summed E-state index contributed by atoms with van der Waals surface area (Å²) in [6.45, 7) is 3.73. The molecule has 1 aliphatic heterocycles. The van der Waals surface area contributed by atoms with Gasteiger partial charge in [0, 0.05) is 12.0 Å². The first-order valence-corrected chi connectivity index (χ1v) is 6.26. The SMILES string of the molecule is CC(CC(=O)O)NC(=O)C1CC12CCNCC2. The van der Waals surface area contributed by atoms with Crippen molar-refractivity contribution in [2.75, 3.05) is 13.1 Å². The number of carbonyl (C=O) groups is 2. The van der Waals surface area contributed by atoms with Crippen molar-refractivity contribution in [2.45, 2.75) is 38.6 Å². The predicted molar refractivity (Wildman–Crippen MR) is 62.5 cm³/mol. The summed E-state index contributed by atoms with van der Waals surface area (Å²) in [5, 5.41) is 14.7. The van der Waals surface area contributed by atoms with E-state index < -0.39 is 5.97 Å². The first kappa shape index (κ1) is 12.4. The van der Waals surface area contributed by atoms with E-state index in [0.29, 0.717) is 0 Å². The fourth-order valence-electron chi connectivity index (χ4n) is 2.85. The molecule has 2 atom stereocenters. The average molecular weight is 240 g/mol. The zero-order chi connectivity index (χ0) is 12.5. The molecule has 0 aromatic rings. The Kier molecular flexibility index (Phi) is 3.38. The van der Waals surface area contributed by atoms with Crippen LogP contribution in [0.1, 0.15) is 32.6 Å². The lowest BCUT2D eigenvalue weighted by Gasteiger charge is -2.23. The summed E-state index contributed by atoms with van der Waals surface area (Å²) in [6, 6.07) is -0.278. The monoisotopic (exact) mass is 240 g/mol. The molecule has 1 spiro atoms. The molecule has 0 bridgehead atoms. The normalized spacial score (nSPS) is 27.5. The molecule has 1 saturated heterocycles. The van der Waals surface area contributed by atoms with E-state index in [9.17, 15) is 9.59 Å². The van der Waals surface area contributed by atoms with Gasteiger partial charge in [-0.2, -0.15) is 0 Å². The van der Waals surface area contributed by atoms with Gasteiger partial charge >= 0.3 is 5.97 Å². The van der Waals surface area contributed by atoms with Gasteiger partial charge in [0.15, 0.2) is 0 Å². The summed E-state index contributed by atoms with van der Waals surface area (Å²) in [6.07, 6.45) is 3.10. The first-order chi connectivity index (χ1) is 8.03. The Morgan fingerprint density at radius 3 is 2.71 bits per heavy atom. The van der Waals surface area contributed by atoms with E-state index in [0.717, 1.165) is 32.4 Å². The molecule has 0 radical (unpaired) electrons. The highest BCUT2D eigenvalue weighted by atomic mass is 16.4. The lowest BCUT2D eigenvalue weighted by molar-refractivity contribution is -0.137. The molecule has 1 amide bonds. The van der Waals surface area contributed by atoms with Gasteiger partial charge in [0.2, 0.25) is 5.91 Å². The van der Waals surface area contributed by atoms with E-state index in [1.807, 2.05) is 0 Å². The standard InChI is InChI=1S/C12H20N2O3/c1-8(6-10(15)16)14-11(17)9-7-12(9)2-4-13-5-3-12/h8-9,13H,2-7H2,1H3,(H,14,17)(H,15,16). The van der Waals surface area contributed by atoms with Crippen molar-refractivity contribution < 1.29 is 14.7 Å². The molecule has 5 heteroatoms. The van der Waals surface area contributed by atoms with Crippen molar-refractivity contribution in [2.24, 2.45) is 11.3 Å². The number of carboxylic acids is 1. The summed E-state index contributed by atoms with van der Waals surface area (Å²) in [4.78, 5) is 22.5. The number of piperidine rings is 1. The van der Waals surface area contributed by atoms with Gasteiger partial charge in [-0.15, -0.1) is 0 Å². The number of hydrogen-bond donors (Lipinski definition) is 3. The van der Waals surface area contributed by atoms with E-state index in [1.165, 1.54) is 0 Å². The van der Waals surface area contributed by atoms with Gasteiger partial charge in [-0.3, -0.25) is 9.59 Å². The molecule has 3 N–H and O–H groups in total. The van der Waals surface area contributed by atoms with E-state index in [-0.39, 0.29) is 29.7 Å². The molecule has 0 aromatic carbocycles. The van der Waals surface area contributed by atoms with Crippen molar-refractivity contribution in [3.63, 3.8) is 0 Å². The maximum Gasteiger partial charge on any atom is 0.305 e. The van der Waals surface area contributed by atoms with Crippen molar-refractivity contribution >= 4 is 11.9 Å². The van der Waals surface area contributed by atoms with Crippen LogP contribution < -0.4 is 10.6 Å². The Bertz CT molecular complexity index is 324. The highest BCUT2D eigenvalue weighted by molar-refractivity contribution is 5.83. The number of nitrogens with one attached hydrogen (secondary N) is 2. The third-order valence-electron chi connectivity index (χ3n) is 3.98. The van der Waals surface area contributed by atoms with Crippen LogP contribution >= 0.6 is 0 Å². The first-order valence-electron chi connectivity index (χ1n) is 6.26. The quantitative estimate of drug-likeness (QED) is 0.663. The summed E-state index contributed by atoms with van der Waals surface area (Å²) in [5.74, 6) is -0.716. The Morgan fingerprint density at radius 1 is 1.47 bits per heavy atom.